The zero-order valence-electron chi connectivity index (χ0n) is 24.6. The van der Waals surface area contributed by atoms with E-state index in [1.165, 1.54) is 15.6 Å². The van der Waals surface area contributed by atoms with Gasteiger partial charge < -0.3 is 15.4 Å². The molecule has 0 bridgehead atoms. The van der Waals surface area contributed by atoms with E-state index in [-0.39, 0.29) is 24.4 Å². The molecule has 1 fully saturated rings. The highest BCUT2D eigenvalue weighted by Gasteiger charge is 2.43. The Labute approximate surface area is 251 Å². The molecule has 5 heterocycles. The first-order valence-electron chi connectivity index (χ1n) is 14.4. The van der Waals surface area contributed by atoms with Crippen LogP contribution in [0.25, 0.3) is 16.9 Å². The van der Waals surface area contributed by atoms with E-state index >= 15 is 0 Å². The van der Waals surface area contributed by atoms with Gasteiger partial charge >= 0.3 is 0 Å². The molecule has 1 aliphatic rings. The Bertz CT molecular complexity index is 1760. The zero-order chi connectivity index (χ0) is 30.8. The molecule has 230 valence electrons. The van der Waals surface area contributed by atoms with Crippen molar-refractivity contribution >= 4 is 28.6 Å². The highest BCUT2D eigenvalue weighted by molar-refractivity contribution is 5.88. The maximum absolute atomic E-state index is 13.6. The molecule has 0 spiro atoms. The summed E-state index contributed by atoms with van der Waals surface area (Å²) in [5.41, 5.74) is 1.20. The summed E-state index contributed by atoms with van der Waals surface area (Å²) in [5.74, 6) is 1.48. The van der Waals surface area contributed by atoms with Crippen LogP contribution in [-0.4, -0.2) is 70.0 Å². The Hall–Kier alpha value is -4.79. The Morgan fingerprint density at radius 2 is 2.02 bits per heavy atom. The number of nitrogens with one attached hydrogen (secondary N) is 3. The molecule has 6 rings (SSSR count). The van der Waals surface area contributed by atoms with Gasteiger partial charge in [0.1, 0.15) is 23.9 Å². The lowest BCUT2D eigenvalue weighted by atomic mass is 9.77. The van der Waals surface area contributed by atoms with E-state index in [1.807, 2.05) is 26.0 Å². The number of H-pyrrole nitrogens is 1. The molecular weight excluding hydrogens is 572 g/mol. The van der Waals surface area contributed by atoms with Crippen LogP contribution in [0.3, 0.4) is 0 Å². The van der Waals surface area contributed by atoms with E-state index in [0.717, 1.165) is 17.5 Å². The highest BCUT2D eigenvalue weighted by Crippen LogP contribution is 2.40. The number of methoxy groups -OCH3 is 1. The largest absolute Gasteiger partial charge is 0.368 e. The predicted molar refractivity (Wildman–Crippen MR) is 157 cm³/mol. The number of anilines is 2. The molecule has 0 unspecified atom stereocenters. The molecule has 5 aromatic rings. The van der Waals surface area contributed by atoms with Gasteiger partial charge in [0.2, 0.25) is 0 Å². The smallest absolute Gasteiger partial charge is 0.252 e. The van der Waals surface area contributed by atoms with Gasteiger partial charge in [-0.1, -0.05) is 6.07 Å². The first-order valence-corrected chi connectivity index (χ1v) is 14.4. The molecule has 3 N–H and O–H groups in total. The number of nitrogens with zero attached hydrogens (tertiary/aromatic N) is 8. The summed E-state index contributed by atoms with van der Waals surface area (Å²) in [6.07, 6.45) is 7.74. The summed E-state index contributed by atoms with van der Waals surface area (Å²) in [7, 11) is 1.55. The predicted octanol–water partition coefficient (Wildman–Crippen LogP) is 4.21. The lowest BCUT2D eigenvalue weighted by Gasteiger charge is -2.38. The Balaban J connectivity index is 1.17. The van der Waals surface area contributed by atoms with Crippen LogP contribution in [0.1, 0.15) is 61.6 Å². The van der Waals surface area contributed by atoms with Crippen LogP contribution >= 0.6 is 0 Å². The number of aryl methyl sites for hydroxylation is 2. The number of halogens is 2. The Morgan fingerprint density at radius 1 is 1.20 bits per heavy atom. The van der Waals surface area contributed by atoms with E-state index in [9.17, 15) is 13.6 Å². The average molecular weight is 606 g/mol. The van der Waals surface area contributed by atoms with Gasteiger partial charge in [-0.25, -0.2) is 33.1 Å². The second kappa shape index (κ2) is 12.1. The van der Waals surface area contributed by atoms with Crippen molar-refractivity contribution in [3.05, 3.63) is 65.9 Å². The van der Waals surface area contributed by atoms with E-state index in [4.69, 9.17) is 14.7 Å². The number of rotatable bonds is 10. The van der Waals surface area contributed by atoms with Crippen molar-refractivity contribution in [1.82, 2.24) is 50.0 Å². The quantitative estimate of drug-likeness (QED) is 0.212. The number of hydrogen-bond donors (Lipinski definition) is 3. The third kappa shape index (κ3) is 5.74. The molecule has 0 aliphatic heterocycles. The van der Waals surface area contributed by atoms with Crippen LogP contribution in [0.4, 0.5) is 20.4 Å². The van der Waals surface area contributed by atoms with E-state index < -0.39 is 18.1 Å². The van der Waals surface area contributed by atoms with Crippen molar-refractivity contribution in [3.63, 3.8) is 0 Å². The van der Waals surface area contributed by atoms with Crippen molar-refractivity contribution < 1.29 is 18.3 Å². The number of carbonyl (C=O) groups is 1. The van der Waals surface area contributed by atoms with Gasteiger partial charge in [0.25, 0.3) is 5.91 Å². The maximum Gasteiger partial charge on any atom is 0.252 e. The maximum atomic E-state index is 13.6. The van der Waals surface area contributed by atoms with E-state index in [0.29, 0.717) is 60.0 Å². The number of aromatic amines is 1. The van der Waals surface area contributed by atoms with Gasteiger partial charge in [-0.2, -0.15) is 15.3 Å². The van der Waals surface area contributed by atoms with Crippen LogP contribution < -0.4 is 10.6 Å². The van der Waals surface area contributed by atoms with Crippen molar-refractivity contribution in [3.8, 4) is 5.82 Å². The third-order valence-electron chi connectivity index (χ3n) is 8.13. The fourth-order valence-electron chi connectivity index (χ4n) is 5.59. The number of fused-ring (bicyclic) bond motifs is 1. The zero-order valence-corrected chi connectivity index (χ0v) is 24.6. The minimum absolute atomic E-state index is 0.0491. The summed E-state index contributed by atoms with van der Waals surface area (Å²) >= 11 is 0. The van der Waals surface area contributed by atoms with Crippen LogP contribution in [0.15, 0.2) is 43.0 Å². The first-order chi connectivity index (χ1) is 21.3. The number of amides is 1. The van der Waals surface area contributed by atoms with Crippen molar-refractivity contribution in [1.29, 1.82) is 0 Å². The van der Waals surface area contributed by atoms with Crippen molar-refractivity contribution in [2.24, 2.45) is 0 Å². The lowest BCUT2D eigenvalue weighted by Crippen LogP contribution is -2.50. The van der Waals surface area contributed by atoms with E-state index in [1.54, 1.807) is 25.6 Å². The molecule has 1 amide bonds. The molecular formula is C29H33F2N11O2. The first kappa shape index (κ1) is 29.3. The van der Waals surface area contributed by atoms with Crippen molar-refractivity contribution in [2.75, 3.05) is 19.1 Å². The van der Waals surface area contributed by atoms with E-state index in [2.05, 4.69) is 36.0 Å². The number of ether oxygens (including phenoxy) is 1. The SMILES string of the molecule is CO[C@]1(C(=O)N[C@@H](C)c2ccc(-n3cc(F)cn3)nc2)CC[C@@H](c2nc(Nc3cc(C)[nH]n3)c3cnn(CCF)c3n2)CC1. The summed E-state index contributed by atoms with van der Waals surface area (Å²) < 4.78 is 35.3. The van der Waals surface area contributed by atoms with Gasteiger partial charge in [-0.05, 0) is 51.2 Å². The summed E-state index contributed by atoms with van der Waals surface area (Å²) in [6.45, 7) is 3.28. The normalized spacial score (nSPS) is 19.2. The second-order valence-corrected chi connectivity index (χ2v) is 11.0. The molecule has 15 heteroatoms. The Kier molecular flexibility index (Phi) is 8.03. The number of alkyl halides is 1. The fraction of sp³-hybridized carbons (Fsp3) is 0.414. The van der Waals surface area contributed by atoms with Crippen LogP contribution in [0.2, 0.25) is 0 Å². The third-order valence-corrected chi connectivity index (χ3v) is 8.13. The minimum atomic E-state index is -1.02. The number of hydrogen-bond acceptors (Lipinski definition) is 9. The lowest BCUT2D eigenvalue weighted by molar-refractivity contribution is -0.148. The van der Waals surface area contributed by atoms with Crippen LogP contribution in [-0.2, 0) is 16.1 Å². The van der Waals surface area contributed by atoms with Crippen LogP contribution in [0, 0.1) is 12.7 Å². The molecule has 1 saturated carbocycles. The van der Waals surface area contributed by atoms with Gasteiger partial charge in [0.05, 0.1) is 36.6 Å². The summed E-state index contributed by atoms with van der Waals surface area (Å²) in [5, 5.41) is 22.4. The van der Waals surface area contributed by atoms with Gasteiger partial charge in [-0.3, -0.25) is 9.89 Å². The monoisotopic (exact) mass is 605 g/mol. The minimum Gasteiger partial charge on any atom is -0.368 e. The van der Waals surface area contributed by atoms with Crippen molar-refractivity contribution in [2.45, 2.75) is 63.6 Å². The van der Waals surface area contributed by atoms with Gasteiger partial charge in [0, 0.05) is 31.0 Å². The molecule has 1 atom stereocenters. The van der Waals surface area contributed by atoms with Gasteiger partial charge in [-0.15, -0.1) is 0 Å². The average Bonchev–Trinajstić information content (AvgIpc) is 3.77. The molecule has 13 nitrogen and oxygen atoms in total. The molecule has 0 radical (unpaired) electrons. The Morgan fingerprint density at radius 3 is 2.66 bits per heavy atom. The topological polar surface area (TPSA) is 153 Å². The molecule has 5 aromatic heterocycles. The highest BCUT2D eigenvalue weighted by atomic mass is 19.1. The summed E-state index contributed by atoms with van der Waals surface area (Å²) in [6, 6.07) is 5.05. The second-order valence-electron chi connectivity index (χ2n) is 11.0. The summed E-state index contributed by atoms with van der Waals surface area (Å²) in [4.78, 5) is 27.6. The standard InChI is InChI=1S/C29H33F2N11O2/c1-17-12-23(40-39-17)36-26-22-15-34-41(11-10-30)27(22)38-25(37-26)19-6-8-29(44-3,9-7-19)28(43)35-18(2)20-4-5-24(32-13-20)42-16-21(31)14-33-42/h4-5,12-16,18-19H,6-11H2,1-3H3,(H,35,43)(H2,36,37,38,39,40)/t18-,19-,29-/m0/s1. The molecule has 0 saturated heterocycles. The van der Waals surface area contributed by atoms with Gasteiger partial charge in [0.15, 0.2) is 23.1 Å². The molecule has 0 aromatic carbocycles. The number of aromatic nitrogens is 9. The number of carbonyl (C=O) groups excluding carboxylic acids is 1. The van der Waals surface area contributed by atoms with Crippen LogP contribution in [0.5, 0.6) is 0 Å². The molecule has 1 aliphatic carbocycles. The molecule has 44 heavy (non-hydrogen) atoms. The fourth-order valence-corrected chi connectivity index (χ4v) is 5.59. The number of pyridine rings is 1.